The monoisotopic (exact) mass is 421 g/mol. The highest BCUT2D eigenvalue weighted by Gasteiger charge is 2.15. The van der Waals surface area contributed by atoms with Gasteiger partial charge in [0.15, 0.2) is 0 Å². The SMILES string of the molecule is CCNC(Cc1ccc(Br)cc1Cl)c1ccc(Br)s1. The van der Waals surface area contributed by atoms with Crippen LogP contribution in [0, 0.1) is 0 Å². The molecule has 0 fully saturated rings. The summed E-state index contributed by atoms with van der Waals surface area (Å²) in [6.45, 7) is 3.06. The molecular formula is C14H14Br2ClNS. The summed E-state index contributed by atoms with van der Waals surface area (Å²) in [5, 5.41) is 4.33. The van der Waals surface area contributed by atoms with Gasteiger partial charge in [-0.15, -0.1) is 11.3 Å². The van der Waals surface area contributed by atoms with Crippen molar-refractivity contribution in [3.8, 4) is 0 Å². The van der Waals surface area contributed by atoms with Gasteiger partial charge < -0.3 is 5.32 Å². The van der Waals surface area contributed by atoms with Crippen molar-refractivity contribution >= 4 is 54.8 Å². The van der Waals surface area contributed by atoms with E-state index in [9.17, 15) is 0 Å². The topological polar surface area (TPSA) is 12.0 Å². The van der Waals surface area contributed by atoms with Crippen LogP contribution in [0.1, 0.15) is 23.4 Å². The fraction of sp³-hybridized carbons (Fsp3) is 0.286. The first-order valence-electron chi connectivity index (χ1n) is 6.02. The Morgan fingerprint density at radius 3 is 2.63 bits per heavy atom. The molecule has 0 bridgehead atoms. The van der Waals surface area contributed by atoms with Gasteiger partial charge in [-0.2, -0.15) is 0 Å². The molecule has 2 aromatic rings. The molecule has 1 heterocycles. The molecule has 2 rings (SSSR count). The molecule has 0 spiro atoms. The van der Waals surface area contributed by atoms with Crippen molar-refractivity contribution in [1.29, 1.82) is 0 Å². The minimum atomic E-state index is 0.306. The largest absolute Gasteiger partial charge is 0.309 e. The minimum Gasteiger partial charge on any atom is -0.309 e. The van der Waals surface area contributed by atoms with E-state index in [1.165, 1.54) is 10.4 Å². The maximum absolute atomic E-state index is 6.30. The van der Waals surface area contributed by atoms with Crippen LogP contribution in [0.25, 0.3) is 0 Å². The predicted molar refractivity (Wildman–Crippen MR) is 91.3 cm³/mol. The van der Waals surface area contributed by atoms with Crippen molar-refractivity contribution < 1.29 is 0 Å². The number of halogens is 3. The van der Waals surface area contributed by atoms with Crippen LogP contribution in [0.3, 0.4) is 0 Å². The lowest BCUT2D eigenvalue weighted by Gasteiger charge is -2.17. The van der Waals surface area contributed by atoms with Gasteiger partial charge >= 0.3 is 0 Å². The predicted octanol–water partition coefficient (Wildman–Crippen LogP) is 5.82. The Morgan fingerprint density at radius 1 is 1.26 bits per heavy atom. The fourth-order valence-corrected chi connectivity index (χ4v) is 4.19. The van der Waals surface area contributed by atoms with Crippen LogP contribution in [-0.4, -0.2) is 6.54 Å². The second-order valence-electron chi connectivity index (χ2n) is 4.19. The summed E-state index contributed by atoms with van der Waals surface area (Å²) in [6.07, 6.45) is 0.896. The standard InChI is InChI=1S/C14H14Br2ClNS/c1-2-18-12(13-5-6-14(16)19-13)7-9-3-4-10(15)8-11(9)17/h3-6,8,12,18H,2,7H2,1H3. The van der Waals surface area contributed by atoms with Gasteiger partial charge in [-0.3, -0.25) is 0 Å². The maximum atomic E-state index is 6.30. The van der Waals surface area contributed by atoms with Gasteiger partial charge in [-0.05, 0) is 58.7 Å². The van der Waals surface area contributed by atoms with Gasteiger partial charge in [0.1, 0.15) is 0 Å². The molecule has 1 nitrogen and oxygen atoms in total. The minimum absolute atomic E-state index is 0.306. The lowest BCUT2D eigenvalue weighted by molar-refractivity contribution is 0.558. The molecule has 1 aromatic heterocycles. The van der Waals surface area contributed by atoms with E-state index in [-0.39, 0.29) is 0 Å². The van der Waals surface area contributed by atoms with Gasteiger partial charge in [0.05, 0.1) is 3.79 Å². The smallest absolute Gasteiger partial charge is 0.0701 e. The summed E-state index contributed by atoms with van der Waals surface area (Å²) in [6, 6.07) is 10.6. The third-order valence-corrected chi connectivity index (χ3v) is 5.41. The first-order chi connectivity index (χ1) is 9.10. The molecule has 5 heteroatoms. The van der Waals surface area contributed by atoms with Crippen LogP contribution in [-0.2, 0) is 6.42 Å². The van der Waals surface area contributed by atoms with E-state index in [1.54, 1.807) is 11.3 Å². The Bertz CT molecular complexity index is 556. The Hall–Kier alpha value is 0.130. The quantitative estimate of drug-likeness (QED) is 0.639. The highest BCUT2D eigenvalue weighted by atomic mass is 79.9. The van der Waals surface area contributed by atoms with Gasteiger partial charge in [-0.1, -0.05) is 40.5 Å². The lowest BCUT2D eigenvalue weighted by Crippen LogP contribution is -2.22. The molecule has 0 aliphatic rings. The number of rotatable bonds is 5. The van der Waals surface area contributed by atoms with Crippen LogP contribution in [0.15, 0.2) is 38.6 Å². The summed E-state index contributed by atoms with van der Waals surface area (Å²) >= 11 is 15.0. The first kappa shape index (κ1) is 15.5. The summed E-state index contributed by atoms with van der Waals surface area (Å²) in [5.41, 5.74) is 1.17. The van der Waals surface area contributed by atoms with E-state index < -0.39 is 0 Å². The maximum Gasteiger partial charge on any atom is 0.0701 e. The van der Waals surface area contributed by atoms with E-state index in [0.29, 0.717) is 6.04 Å². The average Bonchev–Trinajstić information content (AvgIpc) is 2.78. The second-order valence-corrected chi connectivity index (χ2v) is 8.01. The van der Waals surface area contributed by atoms with Crippen molar-refractivity contribution in [2.24, 2.45) is 0 Å². The van der Waals surface area contributed by atoms with Gasteiger partial charge in [0, 0.05) is 20.4 Å². The molecule has 19 heavy (non-hydrogen) atoms. The summed E-state index contributed by atoms with van der Waals surface area (Å²) in [7, 11) is 0. The van der Waals surface area contributed by atoms with Crippen LogP contribution < -0.4 is 5.32 Å². The van der Waals surface area contributed by atoms with Crippen molar-refractivity contribution in [2.45, 2.75) is 19.4 Å². The average molecular weight is 424 g/mol. The molecule has 0 amide bonds. The first-order valence-corrected chi connectivity index (χ1v) is 8.80. The van der Waals surface area contributed by atoms with E-state index in [2.05, 4.69) is 62.3 Å². The van der Waals surface area contributed by atoms with Crippen LogP contribution >= 0.6 is 54.8 Å². The number of nitrogens with one attached hydrogen (secondary N) is 1. The Kier molecular flexibility index (Phi) is 5.90. The van der Waals surface area contributed by atoms with Crippen LogP contribution in [0.5, 0.6) is 0 Å². The normalized spacial score (nSPS) is 12.6. The lowest BCUT2D eigenvalue weighted by atomic mass is 10.0. The number of thiophene rings is 1. The molecule has 1 atom stereocenters. The van der Waals surface area contributed by atoms with Crippen molar-refractivity contribution in [3.63, 3.8) is 0 Å². The number of likely N-dealkylation sites (N-methyl/N-ethyl adjacent to an activating group) is 1. The summed E-state index contributed by atoms with van der Waals surface area (Å²) in [4.78, 5) is 1.33. The van der Waals surface area contributed by atoms with Crippen LogP contribution in [0.4, 0.5) is 0 Å². The third-order valence-electron chi connectivity index (χ3n) is 2.83. The number of hydrogen-bond acceptors (Lipinski definition) is 2. The molecule has 1 unspecified atom stereocenters. The molecule has 1 N–H and O–H groups in total. The highest BCUT2D eigenvalue weighted by Crippen LogP contribution is 2.31. The highest BCUT2D eigenvalue weighted by molar-refractivity contribution is 9.11. The molecule has 0 saturated carbocycles. The Morgan fingerprint density at radius 2 is 2.05 bits per heavy atom. The third kappa shape index (κ3) is 4.30. The zero-order valence-corrected chi connectivity index (χ0v) is 15.2. The molecule has 102 valence electrons. The summed E-state index contributed by atoms with van der Waals surface area (Å²) in [5.74, 6) is 0. The van der Waals surface area contributed by atoms with Gasteiger partial charge in [-0.25, -0.2) is 0 Å². The number of benzene rings is 1. The Labute approximate surface area is 139 Å². The van der Waals surface area contributed by atoms with E-state index in [0.717, 1.165) is 26.2 Å². The van der Waals surface area contributed by atoms with E-state index in [4.69, 9.17) is 11.6 Å². The summed E-state index contributed by atoms with van der Waals surface area (Å²) < 4.78 is 2.17. The van der Waals surface area contributed by atoms with Gasteiger partial charge in [0.2, 0.25) is 0 Å². The zero-order chi connectivity index (χ0) is 13.8. The van der Waals surface area contributed by atoms with Crippen LogP contribution in [0.2, 0.25) is 5.02 Å². The second kappa shape index (κ2) is 7.23. The molecule has 0 aliphatic carbocycles. The molecule has 0 aliphatic heterocycles. The van der Waals surface area contributed by atoms with Gasteiger partial charge in [0.25, 0.3) is 0 Å². The Balaban J connectivity index is 2.21. The van der Waals surface area contributed by atoms with Crippen molar-refractivity contribution in [2.75, 3.05) is 6.54 Å². The van der Waals surface area contributed by atoms with E-state index >= 15 is 0 Å². The number of hydrogen-bond donors (Lipinski definition) is 1. The fourth-order valence-electron chi connectivity index (χ4n) is 1.94. The van der Waals surface area contributed by atoms with E-state index in [1.807, 2.05) is 12.1 Å². The van der Waals surface area contributed by atoms with Crippen molar-refractivity contribution in [1.82, 2.24) is 5.32 Å². The molecule has 0 radical (unpaired) electrons. The zero-order valence-electron chi connectivity index (χ0n) is 10.4. The molecule has 0 saturated heterocycles. The molecular weight excluding hydrogens is 409 g/mol. The van der Waals surface area contributed by atoms with Crippen molar-refractivity contribution in [3.05, 3.63) is 54.1 Å². The molecule has 1 aromatic carbocycles.